The maximum Gasteiger partial charge on any atom is 0.313 e. The topological polar surface area (TPSA) is 58.6 Å². The van der Waals surface area contributed by atoms with Crippen molar-refractivity contribution in [2.45, 2.75) is 12.7 Å². The lowest BCUT2D eigenvalue weighted by Gasteiger charge is -2.12. The molecular weight excluding hydrogens is 206 g/mol. The average molecular weight is 221 g/mol. The van der Waals surface area contributed by atoms with Crippen molar-refractivity contribution in [3.63, 3.8) is 0 Å². The normalized spacial score (nSPS) is 24.3. The van der Waals surface area contributed by atoms with Crippen LogP contribution in [0.15, 0.2) is 30.3 Å². The molecule has 1 aliphatic heterocycles. The number of ether oxygens (including phenoxy) is 1. The molecule has 0 aliphatic carbocycles. The van der Waals surface area contributed by atoms with Gasteiger partial charge < -0.3 is 15.2 Å². The van der Waals surface area contributed by atoms with Gasteiger partial charge in [-0.2, -0.15) is 0 Å². The van der Waals surface area contributed by atoms with E-state index in [1.807, 2.05) is 30.3 Å². The average Bonchev–Trinajstić information content (AvgIpc) is 2.74. The fourth-order valence-electron chi connectivity index (χ4n) is 1.74. The maximum absolute atomic E-state index is 11.6. The molecule has 86 valence electrons. The van der Waals surface area contributed by atoms with Gasteiger partial charge in [-0.3, -0.25) is 4.79 Å². The van der Waals surface area contributed by atoms with E-state index in [4.69, 9.17) is 4.74 Å². The first-order valence-electron chi connectivity index (χ1n) is 5.36. The number of benzene rings is 1. The van der Waals surface area contributed by atoms with E-state index in [9.17, 15) is 9.90 Å². The van der Waals surface area contributed by atoms with Crippen molar-refractivity contribution >= 4 is 5.97 Å². The summed E-state index contributed by atoms with van der Waals surface area (Å²) in [5.41, 5.74) is 0.955. The number of esters is 1. The third kappa shape index (κ3) is 2.59. The van der Waals surface area contributed by atoms with Gasteiger partial charge in [0.2, 0.25) is 0 Å². The van der Waals surface area contributed by atoms with Crippen molar-refractivity contribution < 1.29 is 14.6 Å². The van der Waals surface area contributed by atoms with Crippen molar-refractivity contribution in [3.8, 4) is 0 Å². The Morgan fingerprint density at radius 3 is 2.75 bits per heavy atom. The van der Waals surface area contributed by atoms with E-state index in [2.05, 4.69) is 5.32 Å². The summed E-state index contributed by atoms with van der Waals surface area (Å²) in [6.07, 6.45) is -0.622. The molecule has 0 aromatic heterocycles. The SMILES string of the molecule is O=C(OCc1ccccc1)[C@@H]1CNC[C@@H]1O. The largest absolute Gasteiger partial charge is 0.460 e. The summed E-state index contributed by atoms with van der Waals surface area (Å²) in [5, 5.41) is 12.4. The van der Waals surface area contributed by atoms with E-state index in [-0.39, 0.29) is 12.6 Å². The summed E-state index contributed by atoms with van der Waals surface area (Å²) in [4.78, 5) is 11.6. The predicted molar refractivity (Wildman–Crippen MR) is 58.6 cm³/mol. The van der Waals surface area contributed by atoms with E-state index in [1.54, 1.807) is 0 Å². The highest BCUT2D eigenvalue weighted by molar-refractivity contribution is 5.73. The molecule has 0 saturated carbocycles. The van der Waals surface area contributed by atoms with Gasteiger partial charge >= 0.3 is 5.97 Å². The molecule has 2 N–H and O–H groups in total. The molecule has 16 heavy (non-hydrogen) atoms. The number of hydrogen-bond donors (Lipinski definition) is 2. The fourth-order valence-corrected chi connectivity index (χ4v) is 1.74. The van der Waals surface area contributed by atoms with Crippen LogP contribution in [0.4, 0.5) is 0 Å². The van der Waals surface area contributed by atoms with Crippen LogP contribution in [0.2, 0.25) is 0 Å². The van der Waals surface area contributed by atoms with Crippen LogP contribution in [0.3, 0.4) is 0 Å². The van der Waals surface area contributed by atoms with Crippen molar-refractivity contribution in [2.75, 3.05) is 13.1 Å². The first kappa shape index (κ1) is 11.1. The van der Waals surface area contributed by atoms with E-state index in [0.29, 0.717) is 13.1 Å². The van der Waals surface area contributed by atoms with Gasteiger partial charge in [0.1, 0.15) is 6.61 Å². The molecule has 2 rings (SSSR count). The van der Waals surface area contributed by atoms with Crippen LogP contribution in [0.1, 0.15) is 5.56 Å². The van der Waals surface area contributed by atoms with Crippen LogP contribution in [0, 0.1) is 5.92 Å². The predicted octanol–water partition coefficient (Wildman–Crippen LogP) is 0.310. The second-order valence-corrected chi connectivity index (χ2v) is 3.93. The van der Waals surface area contributed by atoms with E-state index >= 15 is 0 Å². The standard InChI is InChI=1S/C12H15NO3/c14-11-7-13-6-10(11)12(15)16-8-9-4-2-1-3-5-9/h1-5,10-11,13-14H,6-8H2/t10-,11+/m1/s1. The molecule has 1 aliphatic rings. The van der Waals surface area contributed by atoms with Crippen molar-refractivity contribution in [1.29, 1.82) is 0 Å². The van der Waals surface area contributed by atoms with Crippen LogP contribution in [0.25, 0.3) is 0 Å². The summed E-state index contributed by atoms with van der Waals surface area (Å²) in [5.74, 6) is -0.759. The number of aliphatic hydroxyl groups is 1. The third-order valence-electron chi connectivity index (χ3n) is 2.71. The molecule has 0 spiro atoms. The van der Waals surface area contributed by atoms with Crippen LogP contribution in [-0.2, 0) is 16.1 Å². The van der Waals surface area contributed by atoms with Crippen LogP contribution >= 0.6 is 0 Å². The van der Waals surface area contributed by atoms with E-state index in [1.165, 1.54) is 0 Å². The number of aliphatic hydroxyl groups excluding tert-OH is 1. The molecule has 0 radical (unpaired) electrons. The fraction of sp³-hybridized carbons (Fsp3) is 0.417. The number of rotatable bonds is 3. The Balaban J connectivity index is 1.84. The van der Waals surface area contributed by atoms with E-state index in [0.717, 1.165) is 5.56 Å². The van der Waals surface area contributed by atoms with Gasteiger partial charge in [-0.15, -0.1) is 0 Å². The highest BCUT2D eigenvalue weighted by Gasteiger charge is 2.32. The molecule has 1 saturated heterocycles. The molecule has 0 amide bonds. The van der Waals surface area contributed by atoms with Crippen molar-refractivity contribution in [3.05, 3.63) is 35.9 Å². The Labute approximate surface area is 94.2 Å². The molecular formula is C12H15NO3. The Hall–Kier alpha value is -1.39. The minimum Gasteiger partial charge on any atom is -0.460 e. The molecule has 0 bridgehead atoms. The van der Waals surface area contributed by atoms with Crippen molar-refractivity contribution in [1.82, 2.24) is 5.32 Å². The minimum absolute atomic E-state index is 0.267. The monoisotopic (exact) mass is 221 g/mol. The Bertz CT molecular complexity index is 353. The number of nitrogens with one attached hydrogen (secondary N) is 1. The Kier molecular flexibility index (Phi) is 3.54. The molecule has 4 nitrogen and oxygen atoms in total. The van der Waals surface area contributed by atoms with E-state index < -0.39 is 12.0 Å². The van der Waals surface area contributed by atoms with Gasteiger partial charge in [-0.1, -0.05) is 30.3 Å². The molecule has 1 heterocycles. The summed E-state index contributed by atoms with van der Waals surface area (Å²) in [6.45, 7) is 1.22. The molecule has 2 atom stereocenters. The van der Waals surface area contributed by atoms with Crippen LogP contribution in [-0.4, -0.2) is 30.3 Å². The second kappa shape index (κ2) is 5.09. The van der Waals surface area contributed by atoms with Gasteiger partial charge in [-0.25, -0.2) is 0 Å². The number of hydrogen-bond acceptors (Lipinski definition) is 4. The zero-order valence-electron chi connectivity index (χ0n) is 8.93. The van der Waals surface area contributed by atoms with Gasteiger partial charge in [0, 0.05) is 13.1 Å². The van der Waals surface area contributed by atoms with Crippen LogP contribution < -0.4 is 5.32 Å². The maximum atomic E-state index is 11.6. The zero-order valence-corrected chi connectivity index (χ0v) is 8.93. The first-order valence-corrected chi connectivity index (χ1v) is 5.36. The molecule has 0 unspecified atom stereocenters. The first-order chi connectivity index (χ1) is 7.77. The quantitative estimate of drug-likeness (QED) is 0.721. The van der Waals surface area contributed by atoms with Gasteiger partial charge in [0.15, 0.2) is 0 Å². The van der Waals surface area contributed by atoms with Crippen LogP contribution in [0.5, 0.6) is 0 Å². The zero-order chi connectivity index (χ0) is 11.4. The van der Waals surface area contributed by atoms with Gasteiger partial charge in [0.05, 0.1) is 12.0 Å². The minimum atomic E-state index is -0.622. The highest BCUT2D eigenvalue weighted by atomic mass is 16.5. The smallest absolute Gasteiger partial charge is 0.313 e. The molecule has 1 aromatic rings. The summed E-state index contributed by atoms with van der Waals surface area (Å²) < 4.78 is 5.14. The Morgan fingerprint density at radius 2 is 2.12 bits per heavy atom. The summed E-state index contributed by atoms with van der Waals surface area (Å²) >= 11 is 0. The lowest BCUT2D eigenvalue weighted by Crippen LogP contribution is -2.28. The molecule has 4 heteroatoms. The molecule has 1 aromatic carbocycles. The number of β-amino-alcohol motifs (C(OH)–C–C–N with tert-alkyl or cyclic N) is 1. The lowest BCUT2D eigenvalue weighted by atomic mass is 10.1. The summed E-state index contributed by atoms with van der Waals surface area (Å²) in [6, 6.07) is 9.51. The summed E-state index contributed by atoms with van der Waals surface area (Å²) in [7, 11) is 0. The molecule has 1 fully saturated rings. The van der Waals surface area contributed by atoms with Crippen molar-refractivity contribution in [2.24, 2.45) is 5.92 Å². The number of carbonyl (C=O) groups excluding carboxylic acids is 1. The van der Waals surface area contributed by atoms with Gasteiger partial charge in [-0.05, 0) is 5.56 Å². The third-order valence-corrected chi connectivity index (χ3v) is 2.71. The second-order valence-electron chi connectivity index (χ2n) is 3.93. The lowest BCUT2D eigenvalue weighted by molar-refractivity contribution is -0.152. The Morgan fingerprint density at radius 1 is 1.38 bits per heavy atom. The number of carbonyl (C=O) groups is 1. The highest BCUT2D eigenvalue weighted by Crippen LogP contribution is 2.12. The van der Waals surface area contributed by atoms with Gasteiger partial charge in [0.25, 0.3) is 0 Å².